The highest BCUT2D eigenvalue weighted by Crippen LogP contribution is 2.26. The number of piperazine rings is 1. The Kier molecular flexibility index (Phi) is 7.90. The zero-order valence-electron chi connectivity index (χ0n) is 16.4. The number of unbranched alkanes of at least 4 members (excludes halogenated alkanes) is 1. The van der Waals surface area contributed by atoms with Crippen molar-refractivity contribution in [3.63, 3.8) is 0 Å². The van der Waals surface area contributed by atoms with Gasteiger partial charge in [0, 0.05) is 36.9 Å². The number of aryl methyl sites for hydroxylation is 2. The molecule has 0 N–H and O–H groups in total. The van der Waals surface area contributed by atoms with Crippen LogP contribution in [0, 0.1) is 0 Å². The number of hydrogen-bond donors (Lipinski definition) is 0. The molecule has 1 fully saturated rings. The van der Waals surface area contributed by atoms with Crippen LogP contribution in [0.15, 0.2) is 42.5 Å². The summed E-state index contributed by atoms with van der Waals surface area (Å²) in [4.78, 5) is 5.00. The van der Waals surface area contributed by atoms with Crippen LogP contribution in [-0.2, 0) is 12.8 Å². The van der Waals surface area contributed by atoms with Crippen molar-refractivity contribution < 1.29 is 4.74 Å². The summed E-state index contributed by atoms with van der Waals surface area (Å²) >= 11 is 6.11. The van der Waals surface area contributed by atoms with Crippen LogP contribution in [0.5, 0.6) is 5.75 Å². The lowest BCUT2D eigenvalue weighted by atomic mass is 10.1. The number of benzene rings is 2. The minimum atomic E-state index is 0. The average Bonchev–Trinajstić information content (AvgIpc) is 3.16. The molecule has 0 radical (unpaired) electrons. The maximum atomic E-state index is 6.11. The van der Waals surface area contributed by atoms with Crippen LogP contribution in [-0.4, -0.2) is 44.2 Å². The molecule has 3 nitrogen and oxygen atoms in total. The van der Waals surface area contributed by atoms with E-state index in [-0.39, 0.29) is 12.4 Å². The van der Waals surface area contributed by atoms with E-state index in [1.165, 1.54) is 42.5 Å². The first kappa shape index (κ1) is 21.3. The quantitative estimate of drug-likeness (QED) is 0.570. The fourth-order valence-corrected chi connectivity index (χ4v) is 4.35. The Morgan fingerprint density at radius 1 is 0.893 bits per heavy atom. The largest absolute Gasteiger partial charge is 0.494 e. The first-order valence-electron chi connectivity index (χ1n) is 10.3. The van der Waals surface area contributed by atoms with Crippen LogP contribution < -0.4 is 9.64 Å². The standard InChI is InChI=1S/C23H29ClN2O.ClH/c24-21-7-4-8-22(18-21)26-14-12-25(13-15-26)11-1-2-16-27-23-10-9-19-5-3-6-20(19)17-23;/h4,7-10,17-18H,1-3,5-6,11-16H2;1H. The van der Waals surface area contributed by atoms with E-state index in [1.807, 2.05) is 12.1 Å². The fourth-order valence-electron chi connectivity index (χ4n) is 4.17. The molecule has 2 aromatic rings. The normalized spacial score (nSPS) is 16.5. The van der Waals surface area contributed by atoms with Gasteiger partial charge in [0.15, 0.2) is 0 Å². The first-order valence-corrected chi connectivity index (χ1v) is 10.6. The Bertz CT molecular complexity index is 760. The van der Waals surface area contributed by atoms with Crippen molar-refractivity contribution in [2.24, 2.45) is 0 Å². The Morgan fingerprint density at radius 2 is 1.71 bits per heavy atom. The molecule has 1 heterocycles. The van der Waals surface area contributed by atoms with E-state index < -0.39 is 0 Å². The van der Waals surface area contributed by atoms with Crippen LogP contribution >= 0.6 is 24.0 Å². The maximum Gasteiger partial charge on any atom is 0.119 e. The van der Waals surface area contributed by atoms with Crippen LogP contribution in [0.25, 0.3) is 0 Å². The van der Waals surface area contributed by atoms with Crippen LogP contribution in [0.3, 0.4) is 0 Å². The van der Waals surface area contributed by atoms with E-state index in [2.05, 4.69) is 40.1 Å². The van der Waals surface area contributed by atoms with E-state index in [9.17, 15) is 0 Å². The van der Waals surface area contributed by atoms with Gasteiger partial charge in [-0.05, 0) is 80.1 Å². The Hall–Kier alpha value is -1.42. The molecule has 2 aliphatic rings. The summed E-state index contributed by atoms with van der Waals surface area (Å²) in [5.74, 6) is 1.05. The van der Waals surface area contributed by atoms with Gasteiger partial charge in [-0.15, -0.1) is 12.4 Å². The summed E-state index contributed by atoms with van der Waals surface area (Å²) in [5.41, 5.74) is 4.24. The minimum absolute atomic E-state index is 0. The van der Waals surface area contributed by atoms with Crippen LogP contribution in [0.1, 0.15) is 30.4 Å². The zero-order valence-corrected chi connectivity index (χ0v) is 18.0. The number of anilines is 1. The van der Waals surface area contributed by atoms with Crippen molar-refractivity contribution >= 4 is 29.7 Å². The van der Waals surface area contributed by atoms with Gasteiger partial charge in [0.25, 0.3) is 0 Å². The molecule has 4 rings (SSSR count). The fraction of sp³-hybridized carbons (Fsp3) is 0.478. The van der Waals surface area contributed by atoms with E-state index in [1.54, 1.807) is 0 Å². The third-order valence-corrected chi connectivity index (χ3v) is 5.99. The third-order valence-electron chi connectivity index (χ3n) is 5.75. The summed E-state index contributed by atoms with van der Waals surface area (Å²) in [6, 6.07) is 14.8. The van der Waals surface area contributed by atoms with Gasteiger partial charge in [0.2, 0.25) is 0 Å². The summed E-state index contributed by atoms with van der Waals surface area (Å²) in [5, 5.41) is 0.818. The van der Waals surface area contributed by atoms with Gasteiger partial charge in [0.1, 0.15) is 5.75 Å². The molecule has 1 aliphatic carbocycles. The molecule has 0 bridgehead atoms. The molecule has 0 saturated carbocycles. The Morgan fingerprint density at radius 3 is 2.54 bits per heavy atom. The van der Waals surface area contributed by atoms with Gasteiger partial charge in [-0.2, -0.15) is 0 Å². The number of halogens is 2. The van der Waals surface area contributed by atoms with E-state index in [0.717, 1.165) is 56.5 Å². The summed E-state index contributed by atoms with van der Waals surface area (Å²) in [7, 11) is 0. The smallest absolute Gasteiger partial charge is 0.119 e. The average molecular weight is 421 g/mol. The molecule has 28 heavy (non-hydrogen) atoms. The highest BCUT2D eigenvalue weighted by molar-refractivity contribution is 6.30. The highest BCUT2D eigenvalue weighted by atomic mass is 35.5. The summed E-state index contributed by atoms with van der Waals surface area (Å²) in [6.07, 6.45) is 6.06. The lowest BCUT2D eigenvalue weighted by molar-refractivity contribution is 0.238. The molecule has 1 aliphatic heterocycles. The van der Waals surface area contributed by atoms with Gasteiger partial charge >= 0.3 is 0 Å². The maximum absolute atomic E-state index is 6.11. The molecule has 0 spiro atoms. The third kappa shape index (κ3) is 5.56. The molecule has 0 amide bonds. The van der Waals surface area contributed by atoms with Gasteiger partial charge in [-0.25, -0.2) is 0 Å². The number of nitrogens with zero attached hydrogens (tertiary/aromatic N) is 2. The van der Waals surface area contributed by atoms with Crippen molar-refractivity contribution in [3.8, 4) is 5.75 Å². The van der Waals surface area contributed by atoms with Gasteiger partial charge in [0.05, 0.1) is 6.61 Å². The molecule has 0 atom stereocenters. The predicted octanol–water partition coefficient (Wildman–Crippen LogP) is 5.23. The van der Waals surface area contributed by atoms with Gasteiger partial charge < -0.3 is 9.64 Å². The number of fused-ring (bicyclic) bond motifs is 1. The monoisotopic (exact) mass is 420 g/mol. The van der Waals surface area contributed by atoms with Crippen molar-refractivity contribution in [2.75, 3.05) is 44.2 Å². The second-order valence-corrected chi connectivity index (χ2v) is 8.08. The van der Waals surface area contributed by atoms with E-state index in [0.29, 0.717) is 0 Å². The van der Waals surface area contributed by atoms with Crippen molar-refractivity contribution in [1.29, 1.82) is 0 Å². The number of rotatable bonds is 7. The molecule has 5 heteroatoms. The van der Waals surface area contributed by atoms with Crippen molar-refractivity contribution in [2.45, 2.75) is 32.1 Å². The molecule has 2 aromatic carbocycles. The topological polar surface area (TPSA) is 15.7 Å². The summed E-state index contributed by atoms with van der Waals surface area (Å²) < 4.78 is 5.97. The first-order chi connectivity index (χ1) is 13.3. The minimum Gasteiger partial charge on any atom is -0.494 e. The molecular weight excluding hydrogens is 391 g/mol. The highest BCUT2D eigenvalue weighted by Gasteiger charge is 2.17. The predicted molar refractivity (Wildman–Crippen MR) is 121 cm³/mol. The molecule has 1 saturated heterocycles. The van der Waals surface area contributed by atoms with Crippen LogP contribution in [0.2, 0.25) is 5.02 Å². The molecular formula is C23H30Cl2N2O. The Labute approximate surface area is 180 Å². The van der Waals surface area contributed by atoms with Gasteiger partial charge in [-0.3, -0.25) is 4.90 Å². The molecule has 0 unspecified atom stereocenters. The van der Waals surface area contributed by atoms with E-state index >= 15 is 0 Å². The van der Waals surface area contributed by atoms with E-state index in [4.69, 9.17) is 16.3 Å². The zero-order chi connectivity index (χ0) is 18.5. The van der Waals surface area contributed by atoms with Crippen LogP contribution in [0.4, 0.5) is 5.69 Å². The SMILES string of the molecule is Cl.Clc1cccc(N2CCN(CCCCOc3ccc4c(c3)CCC4)CC2)c1. The van der Waals surface area contributed by atoms with Crippen molar-refractivity contribution in [1.82, 2.24) is 4.90 Å². The second kappa shape index (κ2) is 10.4. The lowest BCUT2D eigenvalue weighted by Crippen LogP contribution is -2.46. The number of hydrogen-bond acceptors (Lipinski definition) is 3. The molecule has 152 valence electrons. The molecule has 0 aromatic heterocycles. The lowest BCUT2D eigenvalue weighted by Gasteiger charge is -2.36. The van der Waals surface area contributed by atoms with Crippen molar-refractivity contribution in [3.05, 3.63) is 58.6 Å². The van der Waals surface area contributed by atoms with Gasteiger partial charge in [-0.1, -0.05) is 23.7 Å². The second-order valence-electron chi connectivity index (χ2n) is 7.65. The Balaban J connectivity index is 0.00000225. The summed E-state index contributed by atoms with van der Waals surface area (Å²) in [6.45, 7) is 6.38. The number of ether oxygens (including phenoxy) is 1.